The summed E-state index contributed by atoms with van der Waals surface area (Å²) in [6.45, 7) is 4.03. The van der Waals surface area contributed by atoms with E-state index in [-0.39, 0.29) is 11.9 Å². The highest BCUT2D eigenvalue weighted by Crippen LogP contribution is 2.32. The Bertz CT molecular complexity index is 1420. The lowest BCUT2D eigenvalue weighted by molar-refractivity contribution is -0.128. The number of nitrogens with zero attached hydrogens (tertiary/aromatic N) is 6. The Hall–Kier alpha value is -4.03. The van der Waals surface area contributed by atoms with Gasteiger partial charge in [0, 0.05) is 98.0 Å². The van der Waals surface area contributed by atoms with E-state index < -0.39 is 0 Å². The monoisotopic (exact) mass is 483 g/mol. The average Bonchev–Trinajstić information content (AvgIpc) is 3.33. The van der Waals surface area contributed by atoms with E-state index in [0.29, 0.717) is 49.7 Å². The number of fused-ring (bicyclic) bond motifs is 1. The van der Waals surface area contributed by atoms with Gasteiger partial charge >= 0.3 is 0 Å². The standard InChI is InChI=1S/C27H29N7O2/c1-17(35)34-9-6-25(32-19-7-10-36-11-8-19)24(16-34)26(29)21-5-3-4-20-22(12-28)27(30-14-23(20)21)18-13-31-33(2)15-18/h3-5,13-15,19H,6-11,16,29H2,1-2H3. The predicted molar refractivity (Wildman–Crippen MR) is 138 cm³/mol. The lowest BCUT2D eigenvalue weighted by atomic mass is 9.92. The zero-order valence-electron chi connectivity index (χ0n) is 20.6. The van der Waals surface area contributed by atoms with Crippen molar-refractivity contribution in [3.05, 3.63) is 53.5 Å². The Morgan fingerprint density at radius 3 is 2.75 bits per heavy atom. The van der Waals surface area contributed by atoms with Gasteiger partial charge in [-0.2, -0.15) is 10.4 Å². The van der Waals surface area contributed by atoms with Crippen LogP contribution in [0.4, 0.5) is 0 Å². The largest absolute Gasteiger partial charge is 0.398 e. The zero-order chi connectivity index (χ0) is 25.2. The molecule has 0 spiro atoms. The van der Waals surface area contributed by atoms with Gasteiger partial charge in [-0.25, -0.2) is 0 Å². The summed E-state index contributed by atoms with van der Waals surface area (Å²) in [6, 6.07) is 8.28. The van der Waals surface area contributed by atoms with Gasteiger partial charge in [0.2, 0.25) is 5.91 Å². The van der Waals surface area contributed by atoms with E-state index in [1.165, 1.54) is 0 Å². The molecule has 9 heteroatoms. The van der Waals surface area contributed by atoms with E-state index in [1.807, 2.05) is 31.4 Å². The molecule has 2 aromatic heterocycles. The van der Waals surface area contributed by atoms with Crippen molar-refractivity contribution in [2.45, 2.75) is 32.2 Å². The van der Waals surface area contributed by atoms with Crippen LogP contribution in [0.5, 0.6) is 0 Å². The van der Waals surface area contributed by atoms with Gasteiger partial charge in [0.1, 0.15) is 6.07 Å². The molecule has 5 rings (SSSR count). The quantitative estimate of drug-likeness (QED) is 0.611. The third-order valence-corrected chi connectivity index (χ3v) is 6.93. The number of nitriles is 1. The summed E-state index contributed by atoms with van der Waals surface area (Å²) in [5.41, 5.74) is 11.9. The number of rotatable bonds is 3. The van der Waals surface area contributed by atoms with Crippen LogP contribution in [0.2, 0.25) is 0 Å². The van der Waals surface area contributed by atoms with E-state index in [4.69, 9.17) is 15.5 Å². The highest BCUT2D eigenvalue weighted by atomic mass is 16.5. The molecule has 2 aliphatic rings. The van der Waals surface area contributed by atoms with Gasteiger partial charge in [0.05, 0.1) is 23.5 Å². The number of aryl methyl sites for hydroxylation is 1. The molecule has 2 saturated heterocycles. The maximum atomic E-state index is 12.2. The Kier molecular flexibility index (Phi) is 6.53. The van der Waals surface area contributed by atoms with E-state index in [2.05, 4.69) is 16.2 Å². The summed E-state index contributed by atoms with van der Waals surface area (Å²) in [7, 11) is 1.83. The van der Waals surface area contributed by atoms with Crippen molar-refractivity contribution in [3.63, 3.8) is 0 Å². The number of ether oxygens (including phenoxy) is 1. The van der Waals surface area contributed by atoms with E-state index >= 15 is 0 Å². The predicted octanol–water partition coefficient (Wildman–Crippen LogP) is 3.05. The van der Waals surface area contributed by atoms with Crippen molar-refractivity contribution in [2.24, 2.45) is 17.8 Å². The number of carbonyl (C=O) groups is 1. The van der Waals surface area contributed by atoms with E-state index in [1.54, 1.807) is 28.9 Å². The molecule has 2 N–H and O–H groups in total. The number of benzene rings is 1. The maximum Gasteiger partial charge on any atom is 0.219 e. The van der Waals surface area contributed by atoms with E-state index in [0.717, 1.165) is 46.0 Å². The van der Waals surface area contributed by atoms with Crippen LogP contribution in [0.15, 0.2) is 47.4 Å². The van der Waals surface area contributed by atoms with Gasteiger partial charge in [-0.05, 0) is 12.8 Å². The van der Waals surface area contributed by atoms with Crippen molar-refractivity contribution in [3.8, 4) is 17.3 Å². The Balaban J connectivity index is 1.64. The number of aliphatic imine (C=N–C) groups is 1. The van der Waals surface area contributed by atoms with Gasteiger partial charge in [0.25, 0.3) is 0 Å². The summed E-state index contributed by atoms with van der Waals surface area (Å²) in [5, 5.41) is 15.8. The van der Waals surface area contributed by atoms with Crippen LogP contribution < -0.4 is 5.73 Å². The fourth-order valence-electron chi connectivity index (χ4n) is 4.96. The first-order chi connectivity index (χ1) is 17.5. The number of nitrogens with two attached hydrogens (primary N) is 1. The van der Waals surface area contributed by atoms with Gasteiger partial charge in [0.15, 0.2) is 0 Å². The lowest BCUT2D eigenvalue weighted by Gasteiger charge is -2.31. The van der Waals surface area contributed by atoms with Crippen molar-refractivity contribution in [2.75, 3.05) is 26.3 Å². The van der Waals surface area contributed by atoms with Crippen molar-refractivity contribution < 1.29 is 9.53 Å². The first kappa shape index (κ1) is 23.7. The lowest BCUT2D eigenvalue weighted by Crippen LogP contribution is -2.40. The van der Waals surface area contributed by atoms with Gasteiger partial charge in [-0.15, -0.1) is 0 Å². The molecule has 0 radical (unpaired) electrons. The van der Waals surface area contributed by atoms with Crippen molar-refractivity contribution in [1.82, 2.24) is 19.7 Å². The molecule has 0 atom stereocenters. The first-order valence-corrected chi connectivity index (χ1v) is 12.2. The summed E-state index contributed by atoms with van der Waals surface area (Å²) in [5.74, 6) is 0.0119. The minimum absolute atomic E-state index is 0.0119. The SMILES string of the molecule is CC(=O)N1CCC(=NC2CCOCC2)C(=C(N)c2cccc3c(C#N)c(-c4cnn(C)c4)ncc23)C1. The van der Waals surface area contributed by atoms with Gasteiger partial charge < -0.3 is 15.4 Å². The Morgan fingerprint density at radius 2 is 2.06 bits per heavy atom. The van der Waals surface area contributed by atoms with E-state index in [9.17, 15) is 10.1 Å². The molecule has 4 heterocycles. The van der Waals surface area contributed by atoms with Gasteiger partial charge in [-0.3, -0.25) is 19.5 Å². The zero-order valence-corrected chi connectivity index (χ0v) is 20.6. The Labute approximate surface area is 209 Å². The topological polar surface area (TPSA) is 122 Å². The second-order valence-corrected chi connectivity index (χ2v) is 9.27. The molecule has 0 bridgehead atoms. The molecule has 0 unspecified atom stereocenters. The number of piperidine rings is 1. The van der Waals surface area contributed by atoms with Crippen LogP contribution >= 0.6 is 0 Å². The van der Waals surface area contributed by atoms with Crippen LogP contribution in [0.1, 0.15) is 37.3 Å². The number of hydrogen-bond donors (Lipinski definition) is 1. The molecule has 184 valence electrons. The molecule has 1 aromatic carbocycles. The molecule has 9 nitrogen and oxygen atoms in total. The van der Waals surface area contributed by atoms with Crippen molar-refractivity contribution in [1.29, 1.82) is 5.26 Å². The molecule has 36 heavy (non-hydrogen) atoms. The minimum atomic E-state index is 0.0119. The third kappa shape index (κ3) is 4.48. The first-order valence-electron chi connectivity index (χ1n) is 12.2. The molecular weight excluding hydrogens is 454 g/mol. The Morgan fingerprint density at radius 1 is 1.25 bits per heavy atom. The normalized spacial score (nSPS) is 19.5. The fraction of sp³-hybridized carbons (Fsp3) is 0.370. The highest BCUT2D eigenvalue weighted by Gasteiger charge is 2.26. The molecular formula is C27H29N7O2. The van der Waals surface area contributed by atoms with Crippen LogP contribution in [0.3, 0.4) is 0 Å². The summed E-state index contributed by atoms with van der Waals surface area (Å²) in [4.78, 5) is 23.7. The number of likely N-dealkylation sites (tertiary alicyclic amines) is 1. The van der Waals surface area contributed by atoms with Crippen molar-refractivity contribution >= 4 is 28.1 Å². The number of amides is 1. The van der Waals surface area contributed by atoms with Gasteiger partial charge in [-0.1, -0.05) is 18.2 Å². The highest BCUT2D eigenvalue weighted by molar-refractivity contribution is 6.10. The molecule has 1 amide bonds. The molecule has 0 aliphatic carbocycles. The number of pyridine rings is 1. The van der Waals surface area contributed by atoms with Crippen LogP contribution in [0.25, 0.3) is 27.7 Å². The van der Waals surface area contributed by atoms with Crippen LogP contribution in [-0.4, -0.2) is 63.6 Å². The second kappa shape index (κ2) is 9.91. The molecule has 2 fully saturated rings. The third-order valence-electron chi connectivity index (χ3n) is 6.93. The molecule has 0 saturated carbocycles. The molecule has 3 aromatic rings. The number of aromatic nitrogens is 3. The summed E-state index contributed by atoms with van der Waals surface area (Å²) >= 11 is 0. The number of hydrogen-bond acceptors (Lipinski definition) is 7. The summed E-state index contributed by atoms with van der Waals surface area (Å²) in [6.07, 6.45) is 7.73. The number of carbonyl (C=O) groups excluding carboxylic acids is 1. The van der Waals surface area contributed by atoms with Crippen LogP contribution in [0, 0.1) is 11.3 Å². The smallest absolute Gasteiger partial charge is 0.219 e. The maximum absolute atomic E-state index is 12.2. The van der Waals surface area contributed by atoms with Crippen LogP contribution in [-0.2, 0) is 16.6 Å². The minimum Gasteiger partial charge on any atom is -0.398 e. The average molecular weight is 484 g/mol. The fourth-order valence-corrected chi connectivity index (χ4v) is 4.96. The summed E-state index contributed by atoms with van der Waals surface area (Å²) < 4.78 is 7.18. The molecule has 2 aliphatic heterocycles. The second-order valence-electron chi connectivity index (χ2n) is 9.27.